The molecule has 0 bridgehead atoms. The summed E-state index contributed by atoms with van der Waals surface area (Å²) >= 11 is 0. The average Bonchev–Trinajstić information content (AvgIpc) is 2.91. The second kappa shape index (κ2) is 5.20. The molecule has 1 fully saturated rings. The molecule has 2 rings (SSSR count). The Balaban J connectivity index is 1.98. The van der Waals surface area contributed by atoms with Crippen LogP contribution in [0.25, 0.3) is 0 Å². The van der Waals surface area contributed by atoms with Gasteiger partial charge in [0.15, 0.2) is 0 Å². The third-order valence-corrected chi connectivity index (χ3v) is 3.61. The van der Waals surface area contributed by atoms with E-state index in [-0.39, 0.29) is 12.5 Å². The molecule has 1 aromatic heterocycles. The number of aromatic nitrogens is 2. The lowest BCUT2D eigenvalue weighted by Gasteiger charge is -2.33. The van der Waals surface area contributed by atoms with E-state index in [0.29, 0.717) is 18.4 Å². The number of amides is 1. The number of carbonyl (C=O) groups is 2. The van der Waals surface area contributed by atoms with Crippen LogP contribution in [0.5, 0.6) is 0 Å². The van der Waals surface area contributed by atoms with Crippen molar-refractivity contribution in [2.45, 2.75) is 32.1 Å². The molecular weight excluding hydrogens is 234 g/mol. The fourth-order valence-corrected chi connectivity index (χ4v) is 2.42. The van der Waals surface area contributed by atoms with Crippen molar-refractivity contribution in [3.8, 4) is 0 Å². The average molecular weight is 251 g/mol. The van der Waals surface area contributed by atoms with Crippen LogP contribution < -0.4 is 5.32 Å². The van der Waals surface area contributed by atoms with Crippen molar-refractivity contribution < 1.29 is 14.7 Å². The van der Waals surface area contributed by atoms with E-state index in [4.69, 9.17) is 0 Å². The van der Waals surface area contributed by atoms with Gasteiger partial charge >= 0.3 is 5.97 Å². The van der Waals surface area contributed by atoms with E-state index in [1.54, 1.807) is 0 Å². The highest BCUT2D eigenvalue weighted by Gasteiger charge is 2.39. The summed E-state index contributed by atoms with van der Waals surface area (Å²) in [6.45, 7) is 0.187. The summed E-state index contributed by atoms with van der Waals surface area (Å²) in [5.41, 5.74) is -0.371. The monoisotopic (exact) mass is 251 g/mol. The minimum Gasteiger partial charge on any atom is -0.481 e. The number of aliphatic carboxylic acids is 1. The van der Waals surface area contributed by atoms with Crippen LogP contribution in [0.4, 0.5) is 0 Å². The Kier molecular flexibility index (Phi) is 3.64. The molecule has 6 nitrogen and oxygen atoms in total. The normalized spacial score (nSPS) is 18.2. The SMILES string of the molecule is O=C(NCC1(C(=O)O)CCCCC1)c1cn[nH]c1. The smallest absolute Gasteiger partial charge is 0.311 e. The molecule has 98 valence electrons. The van der Waals surface area contributed by atoms with Crippen LogP contribution in [0.15, 0.2) is 12.4 Å². The van der Waals surface area contributed by atoms with Crippen molar-refractivity contribution in [3.63, 3.8) is 0 Å². The lowest BCUT2D eigenvalue weighted by atomic mass is 9.74. The zero-order valence-electron chi connectivity index (χ0n) is 10.1. The molecule has 0 radical (unpaired) electrons. The van der Waals surface area contributed by atoms with Crippen molar-refractivity contribution >= 4 is 11.9 Å². The van der Waals surface area contributed by atoms with Gasteiger partial charge in [0.2, 0.25) is 0 Å². The first-order chi connectivity index (χ1) is 8.64. The van der Waals surface area contributed by atoms with E-state index >= 15 is 0 Å². The maximum Gasteiger partial charge on any atom is 0.311 e. The molecule has 0 aliphatic heterocycles. The molecule has 1 aliphatic rings. The van der Waals surface area contributed by atoms with Crippen molar-refractivity contribution in [3.05, 3.63) is 18.0 Å². The molecule has 3 N–H and O–H groups in total. The number of rotatable bonds is 4. The topological polar surface area (TPSA) is 95.1 Å². The predicted molar refractivity (Wildman–Crippen MR) is 64.1 cm³/mol. The Bertz CT molecular complexity index is 422. The van der Waals surface area contributed by atoms with Crippen molar-refractivity contribution in [1.29, 1.82) is 0 Å². The molecule has 0 atom stereocenters. The van der Waals surface area contributed by atoms with Crippen molar-refractivity contribution in [1.82, 2.24) is 15.5 Å². The molecule has 1 amide bonds. The van der Waals surface area contributed by atoms with Crippen LogP contribution in [0.3, 0.4) is 0 Å². The lowest BCUT2D eigenvalue weighted by Crippen LogP contribution is -2.44. The zero-order valence-corrected chi connectivity index (χ0v) is 10.1. The molecule has 1 heterocycles. The van der Waals surface area contributed by atoms with Gasteiger partial charge in [-0.1, -0.05) is 19.3 Å². The van der Waals surface area contributed by atoms with Crippen LogP contribution in [0.2, 0.25) is 0 Å². The van der Waals surface area contributed by atoms with E-state index in [0.717, 1.165) is 19.3 Å². The minimum atomic E-state index is -0.810. The lowest BCUT2D eigenvalue weighted by molar-refractivity contribution is -0.150. The molecule has 0 aromatic carbocycles. The van der Waals surface area contributed by atoms with Crippen LogP contribution in [-0.4, -0.2) is 33.7 Å². The third-order valence-electron chi connectivity index (χ3n) is 3.61. The number of aromatic amines is 1. The van der Waals surface area contributed by atoms with E-state index in [1.807, 2.05) is 0 Å². The number of carbonyl (C=O) groups excluding carboxylic acids is 1. The number of carboxylic acids is 1. The highest BCUT2D eigenvalue weighted by atomic mass is 16.4. The van der Waals surface area contributed by atoms with Gasteiger partial charge in [0.25, 0.3) is 5.91 Å². The van der Waals surface area contributed by atoms with Gasteiger partial charge in [-0.15, -0.1) is 0 Å². The number of hydrogen-bond donors (Lipinski definition) is 3. The summed E-state index contributed by atoms with van der Waals surface area (Å²) in [5.74, 6) is -1.09. The molecule has 6 heteroatoms. The maximum atomic E-state index is 11.7. The second-order valence-electron chi connectivity index (χ2n) is 4.82. The summed E-state index contributed by atoms with van der Waals surface area (Å²) in [7, 11) is 0. The number of carboxylic acid groups (broad SMARTS) is 1. The Labute approximate surface area is 105 Å². The second-order valence-corrected chi connectivity index (χ2v) is 4.82. The van der Waals surface area contributed by atoms with E-state index in [2.05, 4.69) is 15.5 Å². The van der Waals surface area contributed by atoms with E-state index < -0.39 is 11.4 Å². The summed E-state index contributed by atoms with van der Waals surface area (Å²) in [6.07, 6.45) is 7.07. The van der Waals surface area contributed by atoms with Gasteiger partial charge in [0.1, 0.15) is 0 Å². The van der Waals surface area contributed by atoms with Gasteiger partial charge in [0.05, 0.1) is 17.2 Å². The Morgan fingerprint density at radius 3 is 2.67 bits per heavy atom. The molecule has 1 aliphatic carbocycles. The molecular formula is C12H17N3O3. The summed E-state index contributed by atoms with van der Waals surface area (Å²) < 4.78 is 0. The molecule has 1 aromatic rings. The molecule has 1 saturated carbocycles. The van der Waals surface area contributed by atoms with Gasteiger partial charge in [0, 0.05) is 12.7 Å². The Hall–Kier alpha value is -1.85. The summed E-state index contributed by atoms with van der Waals surface area (Å²) in [4.78, 5) is 23.2. The number of hydrogen-bond acceptors (Lipinski definition) is 3. The molecule has 18 heavy (non-hydrogen) atoms. The quantitative estimate of drug-likeness (QED) is 0.748. The van der Waals surface area contributed by atoms with Crippen molar-refractivity contribution in [2.24, 2.45) is 5.41 Å². The molecule has 0 unspecified atom stereocenters. The summed E-state index contributed by atoms with van der Waals surface area (Å²) in [6, 6.07) is 0. The summed E-state index contributed by atoms with van der Waals surface area (Å²) in [5, 5.41) is 18.3. The predicted octanol–water partition coefficient (Wildman–Crippen LogP) is 1.17. The third kappa shape index (κ3) is 2.52. The zero-order chi connectivity index (χ0) is 13.0. The first-order valence-corrected chi connectivity index (χ1v) is 6.14. The maximum absolute atomic E-state index is 11.7. The van der Waals surface area contributed by atoms with Gasteiger partial charge in [-0.25, -0.2) is 0 Å². The number of nitrogens with one attached hydrogen (secondary N) is 2. The number of nitrogens with zero attached hydrogens (tertiary/aromatic N) is 1. The van der Waals surface area contributed by atoms with Gasteiger partial charge in [-0.3, -0.25) is 14.7 Å². The fraction of sp³-hybridized carbons (Fsp3) is 0.583. The molecule has 0 saturated heterocycles. The van der Waals surface area contributed by atoms with Crippen LogP contribution in [-0.2, 0) is 4.79 Å². The highest BCUT2D eigenvalue weighted by molar-refractivity contribution is 5.94. The van der Waals surface area contributed by atoms with Crippen LogP contribution >= 0.6 is 0 Å². The fourth-order valence-electron chi connectivity index (χ4n) is 2.42. The largest absolute Gasteiger partial charge is 0.481 e. The Morgan fingerprint density at radius 1 is 1.39 bits per heavy atom. The van der Waals surface area contributed by atoms with E-state index in [9.17, 15) is 14.7 Å². The van der Waals surface area contributed by atoms with Crippen LogP contribution in [0, 0.1) is 5.41 Å². The molecule has 0 spiro atoms. The standard InChI is InChI=1S/C12H17N3O3/c16-10(9-6-14-15-7-9)13-8-12(11(17)18)4-2-1-3-5-12/h6-7H,1-5,8H2,(H,13,16)(H,14,15)(H,17,18). The first kappa shape index (κ1) is 12.6. The van der Waals surface area contributed by atoms with Crippen molar-refractivity contribution in [2.75, 3.05) is 6.54 Å². The first-order valence-electron chi connectivity index (χ1n) is 6.14. The Morgan fingerprint density at radius 2 is 2.11 bits per heavy atom. The van der Waals surface area contributed by atoms with Gasteiger partial charge in [-0.2, -0.15) is 5.10 Å². The minimum absolute atomic E-state index is 0.187. The highest BCUT2D eigenvalue weighted by Crippen LogP contribution is 2.36. The number of H-pyrrole nitrogens is 1. The van der Waals surface area contributed by atoms with E-state index in [1.165, 1.54) is 12.4 Å². The van der Waals surface area contributed by atoms with Gasteiger partial charge < -0.3 is 10.4 Å². The van der Waals surface area contributed by atoms with Crippen LogP contribution in [0.1, 0.15) is 42.5 Å². The van der Waals surface area contributed by atoms with Gasteiger partial charge in [-0.05, 0) is 12.8 Å².